The summed E-state index contributed by atoms with van der Waals surface area (Å²) in [5.41, 5.74) is 1.93. The molecule has 0 bridgehead atoms. The average Bonchev–Trinajstić information content (AvgIpc) is 2.80. The quantitative estimate of drug-likeness (QED) is 0.812. The summed E-state index contributed by atoms with van der Waals surface area (Å²) < 4.78 is 0.864. The van der Waals surface area contributed by atoms with Crippen molar-refractivity contribution in [3.63, 3.8) is 0 Å². The van der Waals surface area contributed by atoms with E-state index < -0.39 is 24.0 Å². The van der Waals surface area contributed by atoms with Crippen molar-refractivity contribution in [2.24, 2.45) is 0 Å². The van der Waals surface area contributed by atoms with Crippen molar-refractivity contribution >= 4 is 33.9 Å². The summed E-state index contributed by atoms with van der Waals surface area (Å²) in [6.07, 6.45) is 2.26. The molecule has 1 fully saturated rings. The predicted octanol–water partition coefficient (Wildman–Crippen LogP) is 1.82. The fraction of sp³-hybridized carbons (Fsp3) is 0.333. The molecule has 0 aliphatic carbocycles. The van der Waals surface area contributed by atoms with E-state index in [2.05, 4.69) is 15.9 Å². The van der Waals surface area contributed by atoms with Crippen molar-refractivity contribution in [2.75, 3.05) is 6.54 Å². The molecule has 1 aliphatic heterocycles. The normalized spacial score (nSPS) is 22.0. The van der Waals surface area contributed by atoms with Crippen LogP contribution in [-0.4, -0.2) is 45.7 Å². The number of carbonyl (C=O) groups excluding carboxylic acids is 1. The Morgan fingerprint density at radius 1 is 1.43 bits per heavy atom. The minimum atomic E-state index is -1.09. The first-order chi connectivity index (χ1) is 9.88. The zero-order chi connectivity index (χ0) is 15.6. The lowest BCUT2D eigenvalue weighted by atomic mass is 10.1. The Kier molecular flexibility index (Phi) is 4.80. The highest BCUT2D eigenvalue weighted by Gasteiger charge is 2.37. The number of aliphatic carboxylic acids is 1. The number of aryl methyl sites for hydroxylation is 1. The van der Waals surface area contributed by atoms with Gasteiger partial charge in [0.2, 0.25) is 5.91 Å². The second-order valence-corrected chi connectivity index (χ2v) is 5.95. The van der Waals surface area contributed by atoms with Gasteiger partial charge in [0, 0.05) is 23.5 Å². The van der Waals surface area contributed by atoms with Crippen LogP contribution in [0.3, 0.4) is 0 Å². The Bertz CT molecular complexity index is 599. The van der Waals surface area contributed by atoms with E-state index in [0.717, 1.165) is 15.6 Å². The number of aliphatic hydroxyl groups excluding tert-OH is 1. The molecule has 0 radical (unpaired) electrons. The summed E-state index contributed by atoms with van der Waals surface area (Å²) in [6, 6.07) is 4.77. The average molecular weight is 354 g/mol. The second-order valence-electron chi connectivity index (χ2n) is 5.09. The summed E-state index contributed by atoms with van der Waals surface area (Å²) in [5.74, 6) is -1.50. The van der Waals surface area contributed by atoms with Gasteiger partial charge in [-0.2, -0.15) is 0 Å². The van der Waals surface area contributed by atoms with Crippen LogP contribution in [-0.2, 0) is 9.59 Å². The van der Waals surface area contributed by atoms with Gasteiger partial charge in [-0.1, -0.05) is 28.1 Å². The maximum absolute atomic E-state index is 12.1. The third kappa shape index (κ3) is 3.71. The lowest BCUT2D eigenvalue weighted by molar-refractivity contribution is -0.146. The number of hydrogen-bond donors (Lipinski definition) is 2. The molecule has 2 atom stereocenters. The van der Waals surface area contributed by atoms with Crippen LogP contribution in [0.1, 0.15) is 17.5 Å². The van der Waals surface area contributed by atoms with Crippen LogP contribution < -0.4 is 0 Å². The molecule has 0 aromatic heterocycles. The summed E-state index contributed by atoms with van der Waals surface area (Å²) in [7, 11) is 0. The molecule has 1 amide bonds. The van der Waals surface area contributed by atoms with Crippen molar-refractivity contribution in [3.05, 3.63) is 39.9 Å². The number of rotatable bonds is 3. The number of β-amino-alcohol motifs (C(OH)–C–C–N with tert-alkyl or cyclic N) is 1. The first-order valence-corrected chi connectivity index (χ1v) is 7.33. The Labute approximate surface area is 131 Å². The Balaban J connectivity index is 2.13. The first-order valence-electron chi connectivity index (χ1n) is 6.54. The van der Waals surface area contributed by atoms with Gasteiger partial charge in [0.1, 0.15) is 6.04 Å². The fourth-order valence-corrected chi connectivity index (χ4v) is 2.94. The van der Waals surface area contributed by atoms with Crippen LogP contribution in [0.25, 0.3) is 6.08 Å². The number of nitrogens with zero attached hydrogens (tertiary/aromatic N) is 1. The molecule has 1 heterocycles. The fourth-order valence-electron chi connectivity index (χ4n) is 2.32. The summed E-state index contributed by atoms with van der Waals surface area (Å²) >= 11 is 3.42. The van der Waals surface area contributed by atoms with Gasteiger partial charge in [0.05, 0.1) is 6.10 Å². The molecule has 21 heavy (non-hydrogen) atoms. The van der Waals surface area contributed by atoms with Crippen LogP contribution in [0.4, 0.5) is 0 Å². The highest BCUT2D eigenvalue weighted by Crippen LogP contribution is 2.21. The number of aliphatic hydroxyl groups is 1. The largest absolute Gasteiger partial charge is 0.480 e. The zero-order valence-corrected chi connectivity index (χ0v) is 13.1. The van der Waals surface area contributed by atoms with E-state index in [4.69, 9.17) is 5.11 Å². The number of carbonyl (C=O) groups is 2. The maximum atomic E-state index is 12.1. The minimum absolute atomic E-state index is 0.0508. The molecule has 112 valence electrons. The molecule has 0 spiro atoms. The molecule has 1 saturated heterocycles. The number of amides is 1. The molecule has 1 aliphatic rings. The van der Waals surface area contributed by atoms with E-state index in [-0.39, 0.29) is 13.0 Å². The molecule has 2 N–H and O–H groups in total. The van der Waals surface area contributed by atoms with Gasteiger partial charge in [-0.15, -0.1) is 0 Å². The van der Waals surface area contributed by atoms with Gasteiger partial charge < -0.3 is 15.1 Å². The highest BCUT2D eigenvalue weighted by atomic mass is 79.9. The SMILES string of the molecule is Cc1ccc(C=CC(=O)N2C[C@H](O)C[C@H]2C(=O)O)c(Br)c1. The van der Waals surface area contributed by atoms with E-state index >= 15 is 0 Å². The van der Waals surface area contributed by atoms with Crippen molar-refractivity contribution in [1.82, 2.24) is 4.90 Å². The molecule has 1 aromatic rings. The maximum Gasteiger partial charge on any atom is 0.326 e. The monoisotopic (exact) mass is 353 g/mol. The summed E-state index contributed by atoms with van der Waals surface area (Å²) in [6.45, 7) is 2.02. The first kappa shape index (κ1) is 15.7. The van der Waals surface area contributed by atoms with E-state index in [1.165, 1.54) is 11.0 Å². The number of benzene rings is 1. The van der Waals surface area contributed by atoms with E-state index in [1.54, 1.807) is 6.08 Å². The third-order valence-electron chi connectivity index (χ3n) is 3.41. The molecule has 6 heteroatoms. The van der Waals surface area contributed by atoms with Gasteiger partial charge in [-0.25, -0.2) is 4.79 Å². The molecular formula is C15H16BrNO4. The molecule has 1 aromatic carbocycles. The summed E-state index contributed by atoms with van der Waals surface area (Å²) in [5, 5.41) is 18.6. The van der Waals surface area contributed by atoms with Gasteiger partial charge >= 0.3 is 5.97 Å². The highest BCUT2D eigenvalue weighted by molar-refractivity contribution is 9.10. The lowest BCUT2D eigenvalue weighted by Gasteiger charge is -2.19. The molecule has 0 unspecified atom stereocenters. The van der Waals surface area contributed by atoms with Crippen LogP contribution in [0.2, 0.25) is 0 Å². The molecule has 5 nitrogen and oxygen atoms in total. The number of halogens is 1. The smallest absolute Gasteiger partial charge is 0.326 e. The summed E-state index contributed by atoms with van der Waals surface area (Å²) in [4.78, 5) is 24.4. The van der Waals surface area contributed by atoms with Gasteiger partial charge in [-0.05, 0) is 30.2 Å². The van der Waals surface area contributed by atoms with Gasteiger partial charge in [0.25, 0.3) is 0 Å². The number of likely N-dealkylation sites (tertiary alicyclic amines) is 1. The molecular weight excluding hydrogens is 338 g/mol. The van der Waals surface area contributed by atoms with E-state index in [0.29, 0.717) is 0 Å². The third-order valence-corrected chi connectivity index (χ3v) is 4.10. The molecule has 0 saturated carbocycles. The number of carboxylic acid groups (broad SMARTS) is 1. The lowest BCUT2D eigenvalue weighted by Crippen LogP contribution is -2.39. The Morgan fingerprint density at radius 2 is 2.14 bits per heavy atom. The van der Waals surface area contributed by atoms with Crippen LogP contribution >= 0.6 is 15.9 Å². The van der Waals surface area contributed by atoms with Crippen molar-refractivity contribution in [3.8, 4) is 0 Å². The van der Waals surface area contributed by atoms with E-state index in [9.17, 15) is 14.7 Å². The van der Waals surface area contributed by atoms with Gasteiger partial charge in [-0.3, -0.25) is 4.79 Å². The Hall–Kier alpha value is -1.66. The Morgan fingerprint density at radius 3 is 2.76 bits per heavy atom. The van der Waals surface area contributed by atoms with Crippen LogP contribution in [0.15, 0.2) is 28.7 Å². The van der Waals surface area contributed by atoms with Gasteiger partial charge in [0.15, 0.2) is 0 Å². The number of hydrogen-bond acceptors (Lipinski definition) is 3. The van der Waals surface area contributed by atoms with Crippen molar-refractivity contribution < 1.29 is 19.8 Å². The standard InChI is InChI=1S/C15H16BrNO4/c1-9-2-3-10(12(16)6-9)4-5-14(19)17-8-11(18)7-13(17)15(20)21/h2-6,11,13,18H,7-8H2,1H3,(H,20,21)/t11-,13+/m1/s1. The van der Waals surface area contributed by atoms with E-state index in [1.807, 2.05) is 25.1 Å². The van der Waals surface area contributed by atoms with Crippen molar-refractivity contribution in [2.45, 2.75) is 25.5 Å². The second kappa shape index (κ2) is 6.41. The topological polar surface area (TPSA) is 77.8 Å². The zero-order valence-electron chi connectivity index (χ0n) is 11.5. The van der Waals surface area contributed by atoms with Crippen LogP contribution in [0.5, 0.6) is 0 Å². The number of carboxylic acids is 1. The minimum Gasteiger partial charge on any atom is -0.480 e. The molecule has 2 rings (SSSR count). The van der Waals surface area contributed by atoms with Crippen molar-refractivity contribution in [1.29, 1.82) is 0 Å². The predicted molar refractivity (Wildman–Crippen MR) is 81.7 cm³/mol. The van der Waals surface area contributed by atoms with Crippen LogP contribution in [0, 0.1) is 6.92 Å².